The molecule has 3 aliphatic heterocycles. The maximum absolute atomic E-state index is 16.4. The number of H-pyrrole nitrogens is 1. The Bertz CT molecular complexity index is 6440. The second kappa shape index (κ2) is 44.7. The molecule has 5 aromatic rings. The van der Waals surface area contributed by atoms with Crippen LogP contribution in [0.4, 0.5) is 11.8 Å². The number of nitrogens with zero attached hydrogens (tertiary/aromatic N) is 9. The summed E-state index contributed by atoms with van der Waals surface area (Å²) in [6.45, 7) is 49.8. The number of imidazole rings is 1. The summed E-state index contributed by atoms with van der Waals surface area (Å²) in [5.41, 5.74) is -3.63. The molecule has 726 valence electrons. The molecule has 0 radical (unpaired) electrons. The van der Waals surface area contributed by atoms with Crippen molar-refractivity contribution in [2.75, 3.05) is 50.2 Å². The highest BCUT2D eigenvalue weighted by Gasteiger charge is 2.59. The number of amides is 2. The Morgan fingerprint density at radius 1 is 0.623 bits per heavy atom. The summed E-state index contributed by atoms with van der Waals surface area (Å²) in [7, 11) is -20.0. The van der Waals surface area contributed by atoms with Gasteiger partial charge in [0.2, 0.25) is 30.9 Å². The lowest BCUT2D eigenvalue weighted by atomic mass is 10.0. The molecule has 14 atom stereocenters. The number of terminal acetylenes is 1. The molecule has 8 rings (SSSR count). The number of anilines is 2. The van der Waals surface area contributed by atoms with Crippen molar-refractivity contribution in [2.24, 2.45) is 5.92 Å². The lowest BCUT2D eigenvalue weighted by molar-refractivity contribution is -0.119. The van der Waals surface area contributed by atoms with Gasteiger partial charge in [0.1, 0.15) is 79.7 Å². The summed E-state index contributed by atoms with van der Waals surface area (Å²) < 4.78 is 122. The first-order chi connectivity index (χ1) is 61.1. The Kier molecular flexibility index (Phi) is 35.7. The van der Waals surface area contributed by atoms with Gasteiger partial charge in [-0.3, -0.25) is 75.1 Å². The van der Waals surface area contributed by atoms with E-state index in [-0.39, 0.29) is 78.6 Å². The molecular weight excluding hydrogens is 1760 g/mol. The van der Waals surface area contributed by atoms with Gasteiger partial charge in [-0.1, -0.05) is 83.1 Å². The third-order valence-corrected chi connectivity index (χ3v) is 38.2. The smallest absolute Gasteiger partial charge is 0.407 e. The van der Waals surface area contributed by atoms with Gasteiger partial charge < -0.3 is 52.3 Å². The van der Waals surface area contributed by atoms with Crippen LogP contribution in [-0.2, 0) is 73.4 Å². The van der Waals surface area contributed by atoms with Crippen LogP contribution in [0.2, 0.25) is 54.4 Å². The first kappa shape index (κ1) is 104. The molecule has 3 saturated heterocycles. The first-order valence-electron chi connectivity index (χ1n) is 40.8. The number of phosphoric acid groups is 2. The number of hydrogen-bond acceptors (Lipinski definition) is 26. The average Bonchev–Trinajstić information content (AvgIpc) is 1.60. The highest BCUT2D eigenvalue weighted by molar-refractivity contribution is 7.48. The van der Waals surface area contributed by atoms with Crippen LogP contribution in [0.1, 0.15) is 168 Å². The summed E-state index contributed by atoms with van der Waals surface area (Å²) >= 11 is 0. The summed E-state index contributed by atoms with van der Waals surface area (Å²) in [6.07, 6.45) is -7.47. The molecule has 1 aromatic carbocycles. The second-order valence-electron chi connectivity index (χ2n) is 34.4. The van der Waals surface area contributed by atoms with Gasteiger partial charge in [-0.25, -0.2) is 36.8 Å². The van der Waals surface area contributed by atoms with Crippen molar-refractivity contribution in [1.82, 2.24) is 38.2 Å². The fourth-order valence-electron chi connectivity index (χ4n) is 11.8. The number of benzene rings is 1. The summed E-state index contributed by atoms with van der Waals surface area (Å²) in [5.74, 6) is 46.1. The third-order valence-electron chi connectivity index (χ3n) is 21.8. The van der Waals surface area contributed by atoms with Crippen molar-refractivity contribution in [3.05, 3.63) is 124 Å². The molecule has 5 unspecified atom stereocenters. The quantitative estimate of drug-likeness (QED) is 0.0105. The highest BCUT2D eigenvalue weighted by Crippen LogP contribution is 2.59. The number of aliphatic hydroxyl groups excluding tert-OH is 1. The number of fused-ring (bicyclic) bond motifs is 1. The molecule has 4 N–H and O–H groups in total. The minimum absolute atomic E-state index is 0. The van der Waals surface area contributed by atoms with Crippen LogP contribution in [0, 0.1) is 164 Å². The molecule has 0 saturated carbocycles. The van der Waals surface area contributed by atoms with Gasteiger partial charge in [0.25, 0.3) is 17.0 Å². The molecular formula is C90H146N12O23P2Si3. The van der Waals surface area contributed by atoms with Crippen molar-refractivity contribution in [3.63, 3.8) is 0 Å². The van der Waals surface area contributed by atoms with Crippen molar-refractivity contribution in [1.29, 1.82) is 0 Å². The molecule has 0 aliphatic carbocycles. The van der Waals surface area contributed by atoms with Gasteiger partial charge in [-0.15, -0.1) is 6.42 Å². The molecule has 3 fully saturated rings. The van der Waals surface area contributed by atoms with Crippen LogP contribution < -0.4 is 37.9 Å². The molecule has 7 heterocycles. The number of ether oxygens (including phenoxy) is 4. The van der Waals surface area contributed by atoms with E-state index < -0.39 is 208 Å². The van der Waals surface area contributed by atoms with Crippen LogP contribution in [-0.4, -0.2) is 180 Å². The number of carbonyl (C=O) groups excluding carboxylic acids is 3. The number of aromatic amines is 1. The number of carbonyl (C=O) groups is 3. The largest absolute Gasteiger partial charge is 0.475 e. The van der Waals surface area contributed by atoms with Crippen molar-refractivity contribution in [3.8, 4) is 137 Å². The SMILES string of the molecule is [C-]#[N+]CCOP(=O)(OC[C@H]1O[C@@H](n2cnc3c(=O)[nH]c(NC(=O)C(C)C)nc32)[C@@H](O[Si](C)(C)C(C)(C)C)C1OP(=O)(OCC[N+]#[C-])OC[C@H]1O[C@@H](n2ccc(=O)n(C(=O)c3cc(C)c(C)c(OC#CC#CC#CC#CC#CC#CC#CC#CC#CC#CC#C)c3)c2=O)[C@@H](O[Si](C)(C)C(C)(C)C)C1O)OC1[C@@H](CC)O[C@@H](n2ccc(NC(C)=O)nc2=O)[C@H]1O[Si](C)(C)C(C)(C)C.[HH].[HH].[HH].[HH].[HH].[HH].[HH].[HH].[HH].[HH].[HH].[HH].[HH].[HH].[HH].[HH].[HH].[HH].[HH].[HH].[HH].[HH]. The van der Waals surface area contributed by atoms with Crippen LogP contribution in [0.5, 0.6) is 5.75 Å². The van der Waals surface area contributed by atoms with Crippen molar-refractivity contribution < 1.29 is 119 Å². The van der Waals surface area contributed by atoms with Crippen LogP contribution in [0.3, 0.4) is 0 Å². The Morgan fingerprint density at radius 3 is 1.55 bits per heavy atom. The Hall–Kier alpha value is -11.7. The van der Waals surface area contributed by atoms with Crippen molar-refractivity contribution >= 4 is 81.2 Å². The van der Waals surface area contributed by atoms with E-state index >= 15 is 13.9 Å². The number of hydrogen-bond donors (Lipinski definition) is 4. The predicted molar refractivity (Wildman–Crippen MR) is 535 cm³/mol. The number of aromatic nitrogens is 8. The fourth-order valence-corrected chi connectivity index (χ4v) is 18.5. The van der Waals surface area contributed by atoms with Gasteiger partial charge in [0, 0.05) is 139 Å². The summed E-state index contributed by atoms with van der Waals surface area (Å²) in [4.78, 5) is 120. The second-order valence-corrected chi connectivity index (χ2v) is 51.9. The van der Waals surface area contributed by atoms with E-state index in [1.807, 2.05) is 102 Å². The van der Waals surface area contributed by atoms with Crippen LogP contribution in [0.15, 0.2) is 62.2 Å². The van der Waals surface area contributed by atoms with Gasteiger partial charge in [0.15, 0.2) is 54.8 Å². The third kappa shape index (κ3) is 26.8. The van der Waals surface area contributed by atoms with E-state index in [4.69, 9.17) is 78.9 Å². The molecule has 2 amide bonds. The molecule has 35 nitrogen and oxygen atoms in total. The lowest BCUT2D eigenvalue weighted by Crippen LogP contribution is -2.51. The van der Waals surface area contributed by atoms with Crippen LogP contribution in [0.25, 0.3) is 20.9 Å². The number of aliphatic hydroxyl groups is 1. The van der Waals surface area contributed by atoms with E-state index in [0.29, 0.717) is 15.7 Å². The average molecular weight is 1910 g/mol. The van der Waals surface area contributed by atoms with Gasteiger partial charge in [0.05, 0.1) is 25.6 Å². The van der Waals surface area contributed by atoms with E-state index in [1.165, 1.54) is 42.2 Å². The molecule has 0 spiro atoms. The van der Waals surface area contributed by atoms with E-state index in [2.05, 4.69) is 165 Å². The molecule has 4 aromatic heterocycles. The fraction of sp³-hybridized carbons (Fsp3) is 0.489. The lowest BCUT2D eigenvalue weighted by Gasteiger charge is -2.41. The molecule has 0 bridgehead atoms. The zero-order valence-electron chi connectivity index (χ0n) is 75.9. The molecule has 3 aliphatic rings. The maximum Gasteiger partial charge on any atom is 0.475 e. The normalized spacial score (nSPS) is 20.8. The van der Waals surface area contributed by atoms with E-state index in [9.17, 15) is 33.9 Å². The number of phosphoric ester groups is 2. The number of nitrogens with one attached hydrogen (secondary N) is 3. The van der Waals surface area contributed by atoms with Gasteiger partial charge in [-0.05, 0) is 151 Å². The maximum atomic E-state index is 16.4. The molecule has 130 heavy (non-hydrogen) atoms. The van der Waals surface area contributed by atoms with Crippen molar-refractivity contribution in [2.45, 2.75) is 238 Å². The van der Waals surface area contributed by atoms with E-state index in [1.54, 1.807) is 34.6 Å². The molecule has 40 heteroatoms. The highest BCUT2D eigenvalue weighted by atomic mass is 31.2. The standard InChI is InChI=1S/C90H102N12O23P2Si3.22H2/c1-25-27-28-29-30-31-32-33-34-35-36-37-38-39-40-41-42-43-44-45-52-113-66-56-64(55-61(5)62(66)6)81(108)102-70(104)47-51-100(87(102)110)82-75(123-128(19,20)88(8,9)10)72(105)67(119-82)57-116-126(111,114-53-48-91-17)122-74-68(120-84(77(74)125-130(23,24)90(14,15)16)101-59-93-71-78(101)96-85(98-80(71)107)97-79(106)60(3)4)58-117-127(112,115-54-49-92-18)121-73-65(26-2)118-83(76(73)124-129(21,22)89(11,12)13)99-50-46-69(94-63(7)103)95-86(99)109;;;;;;;;;;;;;;;;;;;;;;/h1,46-47,50-51,55-56,59-60,65,67-68,72-77,82-84,105H,26,48-49,53-54,57-58H2,2-16,19-24H3,(H,94,95,103,109)(H2,96,97,98,106,107);22*1H/t65-,67-,68-,72?,73?,74?,75+,76+,77+,82-,83-,84-,126?,127?;;;;;;;;;;;;;;;;;;;;;;/m1....................../s1. The predicted octanol–water partition coefficient (Wildman–Crippen LogP) is 15.2. The first-order valence-corrected chi connectivity index (χ1v) is 52.5. The van der Waals surface area contributed by atoms with E-state index in [0.717, 1.165) is 21.4 Å². The van der Waals surface area contributed by atoms with Gasteiger partial charge in [-0.2, -0.15) is 14.5 Å². The Balaban J connectivity index is -0.000000656. The summed E-state index contributed by atoms with van der Waals surface area (Å²) in [6, 6.07) is 5.02. The Morgan fingerprint density at radius 2 is 1.08 bits per heavy atom. The monoisotopic (exact) mass is 1910 g/mol. The number of aryl methyl sites for hydroxylation is 1. The zero-order valence-corrected chi connectivity index (χ0v) is 80.7. The zero-order chi connectivity index (χ0) is 96.1. The Labute approximate surface area is 791 Å². The van der Waals surface area contributed by atoms with Crippen LogP contribution >= 0.6 is 15.6 Å². The van der Waals surface area contributed by atoms with Gasteiger partial charge >= 0.3 is 27.0 Å². The minimum atomic E-state index is -5.42. The number of rotatable bonds is 31. The summed E-state index contributed by atoms with van der Waals surface area (Å²) in [5, 5.41) is 16.1. The minimum Gasteiger partial charge on any atom is -0.407 e. The topological polar surface area (TPSA) is 401 Å².